The quantitative estimate of drug-likeness (QED) is 0.379. The minimum atomic E-state index is -1.17. The summed E-state index contributed by atoms with van der Waals surface area (Å²) < 4.78 is 0. The molecule has 0 saturated carbocycles. The maximum absolute atomic E-state index is 9.99. The third-order valence-electron chi connectivity index (χ3n) is 0.986. The molecule has 0 radical (unpaired) electrons. The van der Waals surface area contributed by atoms with Gasteiger partial charge in [0.2, 0.25) is 0 Å². The number of carbonyl (C=O) groups is 2. The van der Waals surface area contributed by atoms with E-state index in [2.05, 4.69) is 0 Å². The molecule has 0 aliphatic heterocycles. The monoisotopic (exact) mass is 171 g/mol. The normalized spacial score (nSPS) is 11.4. The van der Waals surface area contributed by atoms with Crippen molar-refractivity contribution in [1.29, 1.82) is 0 Å². The van der Waals surface area contributed by atoms with Crippen LogP contribution in [0.25, 0.3) is 0 Å². The van der Waals surface area contributed by atoms with Gasteiger partial charge in [-0.25, -0.2) is 0 Å². The average Bonchev–Trinajstić information content (AvgIpc) is 1.82. The first-order chi connectivity index (χ1) is 4.54. The van der Waals surface area contributed by atoms with Gasteiger partial charge in [-0.3, -0.25) is 9.59 Å². The van der Waals surface area contributed by atoms with Crippen LogP contribution in [-0.4, -0.2) is 28.2 Å². The first kappa shape index (κ1) is 13.5. The Bertz CT molecular complexity index is 154. The molecular weight excluding hydrogens is 161 g/mol. The van der Waals surface area contributed by atoms with Crippen molar-refractivity contribution in [3.05, 3.63) is 0 Å². The summed E-state index contributed by atoms with van der Waals surface area (Å²) in [6.07, 6.45) is -0.224. The molecular formula is C5H10NNaO4. The Morgan fingerprint density at radius 3 is 2.18 bits per heavy atom. The van der Waals surface area contributed by atoms with Crippen LogP contribution in [0.4, 0.5) is 0 Å². The smallest absolute Gasteiger partial charge is 1.00 e. The minimum Gasteiger partial charge on any atom is -1.00 e. The molecule has 0 rings (SSSR count). The summed E-state index contributed by atoms with van der Waals surface area (Å²) in [4.78, 5) is 19.9. The summed E-state index contributed by atoms with van der Waals surface area (Å²) in [6.45, 7) is 0. The molecule has 0 heterocycles. The Hall–Kier alpha value is -0.100. The van der Waals surface area contributed by atoms with Crippen LogP contribution in [-0.2, 0) is 9.59 Å². The molecule has 0 aromatic rings. The van der Waals surface area contributed by atoms with E-state index in [1.165, 1.54) is 0 Å². The second kappa shape index (κ2) is 6.60. The van der Waals surface area contributed by atoms with E-state index in [1.807, 2.05) is 0 Å². The van der Waals surface area contributed by atoms with Gasteiger partial charge in [-0.05, 0) is 6.42 Å². The number of nitrogens with two attached hydrogens (primary N) is 1. The molecule has 0 aliphatic carbocycles. The Morgan fingerprint density at radius 1 is 1.45 bits per heavy atom. The van der Waals surface area contributed by atoms with Crippen LogP contribution in [0.3, 0.4) is 0 Å². The van der Waals surface area contributed by atoms with Crippen LogP contribution < -0.4 is 35.3 Å². The third-order valence-corrected chi connectivity index (χ3v) is 0.986. The van der Waals surface area contributed by atoms with Crippen LogP contribution >= 0.6 is 0 Å². The molecule has 0 amide bonds. The molecule has 0 saturated heterocycles. The molecule has 0 aromatic heterocycles. The Morgan fingerprint density at radius 2 is 1.91 bits per heavy atom. The third kappa shape index (κ3) is 7.80. The van der Waals surface area contributed by atoms with Crippen molar-refractivity contribution in [2.75, 3.05) is 0 Å². The summed E-state index contributed by atoms with van der Waals surface area (Å²) >= 11 is 0. The van der Waals surface area contributed by atoms with Crippen molar-refractivity contribution in [2.45, 2.75) is 18.9 Å². The molecule has 1 atom stereocenters. The zero-order valence-corrected chi connectivity index (χ0v) is 8.28. The topological polar surface area (TPSA) is 101 Å². The predicted octanol–water partition coefficient (Wildman–Crippen LogP) is -3.62. The zero-order valence-electron chi connectivity index (χ0n) is 7.28. The number of hydrogen-bond donors (Lipinski definition) is 3. The molecule has 0 fully saturated rings. The molecule has 0 aromatic carbocycles. The summed E-state index contributed by atoms with van der Waals surface area (Å²) in [6, 6.07) is -1.06. The van der Waals surface area contributed by atoms with Gasteiger partial charge in [0, 0.05) is 6.42 Å². The number of hydrogen-bond acceptors (Lipinski definition) is 3. The van der Waals surface area contributed by atoms with Crippen molar-refractivity contribution in [2.24, 2.45) is 5.73 Å². The van der Waals surface area contributed by atoms with E-state index >= 15 is 0 Å². The number of aliphatic carboxylic acids is 2. The first-order valence-electron chi connectivity index (χ1n) is 2.74. The molecule has 0 unspecified atom stereocenters. The van der Waals surface area contributed by atoms with Gasteiger partial charge in [0.05, 0.1) is 0 Å². The van der Waals surface area contributed by atoms with Gasteiger partial charge in [0.25, 0.3) is 0 Å². The van der Waals surface area contributed by atoms with Crippen molar-refractivity contribution in [1.82, 2.24) is 0 Å². The summed E-state index contributed by atoms with van der Waals surface area (Å²) in [5.74, 6) is -2.20. The van der Waals surface area contributed by atoms with Crippen molar-refractivity contribution < 1.29 is 50.8 Å². The van der Waals surface area contributed by atoms with E-state index in [-0.39, 0.29) is 43.8 Å². The summed E-state index contributed by atoms with van der Waals surface area (Å²) in [7, 11) is 0. The number of rotatable bonds is 4. The van der Waals surface area contributed by atoms with E-state index in [0.29, 0.717) is 0 Å². The van der Waals surface area contributed by atoms with Crippen LogP contribution in [0, 0.1) is 0 Å². The van der Waals surface area contributed by atoms with Gasteiger partial charge in [-0.2, -0.15) is 0 Å². The van der Waals surface area contributed by atoms with Crippen LogP contribution in [0.5, 0.6) is 0 Å². The molecule has 4 N–H and O–H groups in total. The summed E-state index contributed by atoms with van der Waals surface area (Å²) in [5.41, 5.74) is 5.00. The van der Waals surface area contributed by atoms with Crippen molar-refractivity contribution >= 4 is 11.9 Å². The van der Waals surface area contributed by atoms with Gasteiger partial charge in [-0.1, -0.05) is 0 Å². The maximum atomic E-state index is 9.99. The zero-order chi connectivity index (χ0) is 8.15. The maximum Gasteiger partial charge on any atom is 1.00 e. The Labute approximate surface area is 87.3 Å². The Kier molecular flexibility index (Phi) is 8.09. The van der Waals surface area contributed by atoms with Crippen LogP contribution in [0.1, 0.15) is 14.3 Å². The SMILES string of the molecule is N[C@H](CCC(=O)O)C(=O)O.[H-].[Na+]. The fraction of sp³-hybridized carbons (Fsp3) is 0.600. The van der Waals surface area contributed by atoms with E-state index in [9.17, 15) is 9.59 Å². The number of carboxylic acids is 2. The minimum absolute atomic E-state index is 0. The van der Waals surface area contributed by atoms with Gasteiger partial charge < -0.3 is 17.4 Å². The average molecular weight is 171 g/mol. The fourth-order valence-corrected chi connectivity index (χ4v) is 0.402. The van der Waals surface area contributed by atoms with E-state index < -0.39 is 18.0 Å². The molecule has 5 nitrogen and oxygen atoms in total. The van der Waals surface area contributed by atoms with E-state index in [1.54, 1.807) is 0 Å². The number of carboxylic acid groups (broad SMARTS) is 2. The van der Waals surface area contributed by atoms with Crippen molar-refractivity contribution in [3.63, 3.8) is 0 Å². The summed E-state index contributed by atoms with van der Waals surface area (Å²) in [5, 5.41) is 16.3. The van der Waals surface area contributed by atoms with E-state index in [4.69, 9.17) is 15.9 Å². The molecule has 60 valence electrons. The second-order valence-electron chi connectivity index (χ2n) is 1.88. The van der Waals surface area contributed by atoms with E-state index in [0.717, 1.165) is 0 Å². The predicted molar refractivity (Wildman–Crippen MR) is 33.6 cm³/mol. The van der Waals surface area contributed by atoms with Gasteiger partial charge in [0.1, 0.15) is 6.04 Å². The largest absolute Gasteiger partial charge is 1.00 e. The molecule has 11 heavy (non-hydrogen) atoms. The molecule has 0 spiro atoms. The van der Waals surface area contributed by atoms with Gasteiger partial charge in [0.15, 0.2) is 0 Å². The van der Waals surface area contributed by atoms with Crippen LogP contribution in [0.15, 0.2) is 0 Å². The fourth-order valence-electron chi connectivity index (χ4n) is 0.402. The molecule has 0 aliphatic rings. The van der Waals surface area contributed by atoms with Gasteiger partial charge >= 0.3 is 41.5 Å². The second-order valence-corrected chi connectivity index (χ2v) is 1.88. The first-order valence-corrected chi connectivity index (χ1v) is 2.74. The Balaban J connectivity index is -0.000000405. The van der Waals surface area contributed by atoms with Gasteiger partial charge in [-0.15, -0.1) is 0 Å². The molecule has 0 bridgehead atoms. The molecule has 6 heteroatoms. The van der Waals surface area contributed by atoms with Crippen LogP contribution in [0.2, 0.25) is 0 Å². The van der Waals surface area contributed by atoms with Crippen molar-refractivity contribution in [3.8, 4) is 0 Å². The standard InChI is InChI=1S/C5H9NO4.Na.H/c6-3(5(9)10)1-2-4(7)8;;/h3H,1-2,6H2,(H,7,8)(H,9,10);;/q;+1;-1/t3-;;/m1../s1.